The average molecular weight is 358 g/mol. The molecule has 3 rings (SSSR count). The first-order valence-corrected chi connectivity index (χ1v) is 7.92. The Hall–Kier alpha value is -2.56. The number of nitrogens with zero attached hydrogens (tertiary/aromatic N) is 1. The molecule has 0 spiro atoms. The number of hydrogen-bond acceptors (Lipinski definition) is 3. The lowest BCUT2D eigenvalue weighted by Crippen LogP contribution is -2.14. The normalized spacial score (nSPS) is 10.2. The van der Waals surface area contributed by atoms with Crippen molar-refractivity contribution < 1.29 is 4.79 Å². The molecular weight excluding hydrogens is 345 g/mol. The van der Waals surface area contributed by atoms with Gasteiger partial charge in [-0.2, -0.15) is 0 Å². The fourth-order valence-electron chi connectivity index (χ4n) is 2.08. The predicted octanol–water partition coefficient (Wildman–Crippen LogP) is 5.38. The molecule has 3 aromatic rings. The number of para-hydroxylation sites is 1. The van der Waals surface area contributed by atoms with Gasteiger partial charge in [-0.1, -0.05) is 35.3 Å². The molecule has 0 radical (unpaired) electrons. The lowest BCUT2D eigenvalue weighted by molar-refractivity contribution is 0.102. The van der Waals surface area contributed by atoms with E-state index in [4.69, 9.17) is 23.2 Å². The van der Waals surface area contributed by atoms with Gasteiger partial charge in [0.25, 0.3) is 5.91 Å². The molecule has 0 bridgehead atoms. The highest BCUT2D eigenvalue weighted by atomic mass is 35.5. The van der Waals surface area contributed by atoms with Crippen LogP contribution in [0.4, 0.5) is 17.1 Å². The molecule has 120 valence electrons. The molecule has 0 unspecified atom stereocenters. The van der Waals surface area contributed by atoms with Crippen LogP contribution in [0.2, 0.25) is 10.0 Å². The molecule has 0 aliphatic heterocycles. The van der Waals surface area contributed by atoms with Gasteiger partial charge in [-0.25, -0.2) is 0 Å². The largest absolute Gasteiger partial charge is 0.355 e. The monoisotopic (exact) mass is 357 g/mol. The maximum atomic E-state index is 12.3. The maximum Gasteiger partial charge on any atom is 0.274 e. The van der Waals surface area contributed by atoms with Crippen molar-refractivity contribution in [1.82, 2.24) is 4.98 Å². The highest BCUT2D eigenvalue weighted by Crippen LogP contribution is 2.22. The molecule has 0 saturated heterocycles. The number of benzene rings is 2. The first-order valence-electron chi connectivity index (χ1n) is 7.16. The van der Waals surface area contributed by atoms with Crippen LogP contribution in [0.15, 0.2) is 66.9 Å². The number of amides is 1. The molecule has 1 aromatic heterocycles. The Bertz CT molecular complexity index is 866. The van der Waals surface area contributed by atoms with E-state index < -0.39 is 0 Å². The molecule has 4 nitrogen and oxygen atoms in total. The maximum absolute atomic E-state index is 12.3. The Labute approximate surface area is 149 Å². The molecule has 0 fully saturated rings. The zero-order valence-corrected chi connectivity index (χ0v) is 14.0. The van der Waals surface area contributed by atoms with Gasteiger partial charge in [0.1, 0.15) is 5.69 Å². The summed E-state index contributed by atoms with van der Waals surface area (Å²) >= 11 is 11.9. The number of carbonyl (C=O) groups is 1. The van der Waals surface area contributed by atoms with Crippen molar-refractivity contribution in [2.75, 3.05) is 10.6 Å². The van der Waals surface area contributed by atoms with Crippen molar-refractivity contribution in [3.63, 3.8) is 0 Å². The number of nitrogens with one attached hydrogen (secondary N) is 2. The van der Waals surface area contributed by atoms with Gasteiger partial charge in [0.05, 0.1) is 10.7 Å². The van der Waals surface area contributed by atoms with E-state index in [0.29, 0.717) is 15.7 Å². The third-order valence-corrected chi connectivity index (χ3v) is 3.83. The summed E-state index contributed by atoms with van der Waals surface area (Å²) in [6.45, 7) is 0. The second-order valence-electron chi connectivity index (χ2n) is 5.00. The summed E-state index contributed by atoms with van der Waals surface area (Å²) in [7, 11) is 0. The van der Waals surface area contributed by atoms with Gasteiger partial charge >= 0.3 is 0 Å². The van der Waals surface area contributed by atoms with Gasteiger partial charge in [-0.05, 0) is 48.5 Å². The Morgan fingerprint density at radius 2 is 1.67 bits per heavy atom. The summed E-state index contributed by atoms with van der Waals surface area (Å²) in [5.74, 6) is -0.331. The SMILES string of the molecule is O=C(Nc1ccccc1Cl)c1cc(Nc2ccc(Cl)cc2)ccn1. The summed E-state index contributed by atoms with van der Waals surface area (Å²) in [4.78, 5) is 16.4. The highest BCUT2D eigenvalue weighted by Gasteiger charge is 2.10. The Kier molecular flexibility index (Phi) is 4.99. The second kappa shape index (κ2) is 7.34. The van der Waals surface area contributed by atoms with E-state index >= 15 is 0 Å². The zero-order chi connectivity index (χ0) is 16.9. The van der Waals surface area contributed by atoms with Crippen molar-refractivity contribution in [3.05, 3.63) is 82.6 Å². The molecular formula is C18H13Cl2N3O. The summed E-state index contributed by atoms with van der Waals surface area (Å²) < 4.78 is 0. The van der Waals surface area contributed by atoms with Crippen molar-refractivity contribution in [2.45, 2.75) is 0 Å². The standard InChI is InChI=1S/C18H13Cl2N3O/c19-12-5-7-13(8-6-12)22-14-9-10-21-17(11-14)18(24)23-16-4-2-1-3-15(16)20/h1-11H,(H,21,22)(H,23,24). The van der Waals surface area contributed by atoms with Gasteiger partial charge in [0, 0.05) is 22.6 Å². The number of halogens is 2. The van der Waals surface area contributed by atoms with Gasteiger partial charge in [0.15, 0.2) is 0 Å². The molecule has 24 heavy (non-hydrogen) atoms. The fourth-order valence-corrected chi connectivity index (χ4v) is 2.39. The van der Waals surface area contributed by atoms with Gasteiger partial charge < -0.3 is 10.6 Å². The predicted molar refractivity (Wildman–Crippen MR) is 98.4 cm³/mol. The number of anilines is 3. The molecule has 6 heteroatoms. The van der Waals surface area contributed by atoms with E-state index in [2.05, 4.69) is 15.6 Å². The van der Waals surface area contributed by atoms with Crippen LogP contribution in [0.3, 0.4) is 0 Å². The minimum absolute atomic E-state index is 0.286. The number of hydrogen-bond donors (Lipinski definition) is 2. The zero-order valence-electron chi connectivity index (χ0n) is 12.5. The number of rotatable bonds is 4. The average Bonchev–Trinajstić information content (AvgIpc) is 2.59. The first-order chi connectivity index (χ1) is 11.6. The van der Waals surface area contributed by atoms with Gasteiger partial charge in [-0.15, -0.1) is 0 Å². The van der Waals surface area contributed by atoms with Crippen molar-refractivity contribution in [2.24, 2.45) is 0 Å². The Morgan fingerprint density at radius 1 is 0.917 bits per heavy atom. The van der Waals surface area contributed by atoms with Crippen LogP contribution in [-0.4, -0.2) is 10.9 Å². The lowest BCUT2D eigenvalue weighted by Gasteiger charge is -2.09. The quantitative estimate of drug-likeness (QED) is 0.658. The van der Waals surface area contributed by atoms with Gasteiger partial charge in [-0.3, -0.25) is 9.78 Å². The second-order valence-corrected chi connectivity index (χ2v) is 5.84. The van der Waals surface area contributed by atoms with Crippen LogP contribution in [0.5, 0.6) is 0 Å². The molecule has 0 aliphatic rings. The van der Waals surface area contributed by atoms with E-state index in [9.17, 15) is 4.79 Å². The highest BCUT2D eigenvalue weighted by molar-refractivity contribution is 6.33. The minimum atomic E-state index is -0.331. The van der Waals surface area contributed by atoms with Crippen LogP contribution in [-0.2, 0) is 0 Å². The number of pyridine rings is 1. The third kappa shape index (κ3) is 4.04. The number of carbonyl (C=O) groups excluding carboxylic acids is 1. The molecule has 0 saturated carbocycles. The molecule has 0 aliphatic carbocycles. The van der Waals surface area contributed by atoms with Crippen LogP contribution >= 0.6 is 23.2 Å². The smallest absolute Gasteiger partial charge is 0.274 e. The summed E-state index contributed by atoms with van der Waals surface area (Å²) in [6.07, 6.45) is 1.57. The third-order valence-electron chi connectivity index (χ3n) is 3.25. The van der Waals surface area contributed by atoms with Crippen molar-refractivity contribution in [1.29, 1.82) is 0 Å². The number of aromatic nitrogens is 1. The molecule has 1 amide bonds. The van der Waals surface area contributed by atoms with E-state index in [0.717, 1.165) is 11.4 Å². The topological polar surface area (TPSA) is 54.0 Å². The van der Waals surface area contributed by atoms with Crippen LogP contribution in [0, 0.1) is 0 Å². The lowest BCUT2D eigenvalue weighted by atomic mass is 10.2. The van der Waals surface area contributed by atoms with Crippen LogP contribution < -0.4 is 10.6 Å². The molecule has 2 N–H and O–H groups in total. The van der Waals surface area contributed by atoms with Crippen molar-refractivity contribution in [3.8, 4) is 0 Å². The van der Waals surface area contributed by atoms with Gasteiger partial charge in [0.2, 0.25) is 0 Å². The van der Waals surface area contributed by atoms with E-state index in [1.807, 2.05) is 12.1 Å². The molecule has 0 atom stereocenters. The fraction of sp³-hybridized carbons (Fsp3) is 0. The molecule has 2 aromatic carbocycles. The minimum Gasteiger partial charge on any atom is -0.355 e. The summed E-state index contributed by atoms with van der Waals surface area (Å²) in [5, 5.41) is 7.08. The van der Waals surface area contributed by atoms with Crippen LogP contribution in [0.1, 0.15) is 10.5 Å². The Balaban J connectivity index is 1.76. The Morgan fingerprint density at radius 3 is 2.42 bits per heavy atom. The van der Waals surface area contributed by atoms with Crippen molar-refractivity contribution >= 4 is 46.2 Å². The van der Waals surface area contributed by atoms with E-state index in [1.165, 1.54) is 0 Å². The summed E-state index contributed by atoms with van der Waals surface area (Å²) in [5.41, 5.74) is 2.44. The van der Waals surface area contributed by atoms with E-state index in [1.54, 1.807) is 54.7 Å². The van der Waals surface area contributed by atoms with Crippen LogP contribution in [0.25, 0.3) is 0 Å². The molecule has 1 heterocycles. The summed E-state index contributed by atoms with van der Waals surface area (Å²) in [6, 6.07) is 17.8. The first kappa shape index (κ1) is 16.3. The van der Waals surface area contributed by atoms with E-state index in [-0.39, 0.29) is 11.6 Å².